The van der Waals surface area contributed by atoms with Gasteiger partial charge < -0.3 is 14.6 Å². The van der Waals surface area contributed by atoms with E-state index in [0.717, 1.165) is 0 Å². The minimum Gasteiger partial charge on any atom is -0.391 e. The number of rotatable bonds is 6. The molecule has 0 aromatic carbocycles. The van der Waals surface area contributed by atoms with Gasteiger partial charge in [-0.1, -0.05) is 12.2 Å². The molecule has 0 aliphatic carbocycles. The van der Waals surface area contributed by atoms with Crippen LogP contribution in [0.4, 0.5) is 0 Å². The van der Waals surface area contributed by atoms with Gasteiger partial charge in [-0.2, -0.15) is 0 Å². The zero-order valence-electron chi connectivity index (χ0n) is 8.53. The van der Waals surface area contributed by atoms with Gasteiger partial charge in [0.15, 0.2) is 0 Å². The highest BCUT2D eigenvalue weighted by Crippen LogP contribution is 1.75. The van der Waals surface area contributed by atoms with E-state index in [1.54, 1.807) is 26.2 Å². The van der Waals surface area contributed by atoms with Gasteiger partial charge in [0.2, 0.25) is 0 Å². The number of ether oxygens (including phenoxy) is 2. The van der Waals surface area contributed by atoms with Crippen LogP contribution >= 0.6 is 0 Å². The fourth-order valence-corrected chi connectivity index (χ4v) is 0.476. The highest BCUT2D eigenvalue weighted by molar-refractivity contribution is 4.68. The molecular formula is C10H20O3. The third-order valence-corrected chi connectivity index (χ3v) is 0.879. The molecule has 0 aromatic rings. The molecule has 78 valence electrons. The highest BCUT2D eigenvalue weighted by atomic mass is 16.5. The maximum Gasteiger partial charge on any atom is 0.0745 e. The number of aliphatic hydroxyl groups is 1. The molecule has 0 saturated heterocycles. The van der Waals surface area contributed by atoms with Crippen LogP contribution in [-0.4, -0.2) is 38.1 Å². The summed E-state index contributed by atoms with van der Waals surface area (Å²) in [6.45, 7) is 10.3. The van der Waals surface area contributed by atoms with Gasteiger partial charge >= 0.3 is 0 Å². The quantitative estimate of drug-likeness (QED) is 0.505. The number of aliphatic hydroxyl groups excluding tert-OH is 1. The lowest BCUT2D eigenvalue weighted by atomic mass is 10.5. The Kier molecular flexibility index (Phi) is 15.9. The molecule has 3 nitrogen and oxygen atoms in total. The second-order valence-electron chi connectivity index (χ2n) is 2.42. The molecule has 3 heteroatoms. The van der Waals surface area contributed by atoms with Crippen molar-refractivity contribution in [3.63, 3.8) is 0 Å². The predicted octanol–water partition coefficient (Wildman–Crippen LogP) is 1.39. The lowest BCUT2D eigenvalue weighted by Gasteiger charge is -1.97. The predicted molar refractivity (Wildman–Crippen MR) is 54.8 cm³/mol. The summed E-state index contributed by atoms with van der Waals surface area (Å²) < 4.78 is 9.45. The normalized spacial score (nSPS) is 11.0. The summed E-state index contributed by atoms with van der Waals surface area (Å²) in [6.07, 6.45) is 3.10. The van der Waals surface area contributed by atoms with Crippen LogP contribution in [0, 0.1) is 0 Å². The first kappa shape index (κ1) is 14.9. The Hall–Kier alpha value is -0.640. The summed E-state index contributed by atoms with van der Waals surface area (Å²) >= 11 is 0. The summed E-state index contributed by atoms with van der Waals surface area (Å²) in [5.41, 5.74) is 0. The summed E-state index contributed by atoms with van der Waals surface area (Å²) in [5, 5.41) is 8.43. The van der Waals surface area contributed by atoms with E-state index in [9.17, 15) is 0 Å². The Morgan fingerprint density at radius 1 is 1.31 bits per heavy atom. The van der Waals surface area contributed by atoms with E-state index < -0.39 is 0 Å². The van der Waals surface area contributed by atoms with Crippen molar-refractivity contribution in [2.75, 3.05) is 26.9 Å². The van der Waals surface area contributed by atoms with E-state index in [2.05, 4.69) is 17.9 Å². The van der Waals surface area contributed by atoms with Crippen LogP contribution in [0.5, 0.6) is 0 Å². The number of hydrogen-bond acceptors (Lipinski definition) is 3. The zero-order valence-corrected chi connectivity index (χ0v) is 8.53. The first-order valence-corrected chi connectivity index (χ1v) is 4.15. The Balaban J connectivity index is 0. The average Bonchev–Trinajstić information content (AvgIpc) is 2.06. The van der Waals surface area contributed by atoms with Gasteiger partial charge in [0.1, 0.15) is 0 Å². The summed E-state index contributed by atoms with van der Waals surface area (Å²) in [6, 6.07) is 0. The molecule has 0 aliphatic rings. The molecule has 0 fully saturated rings. The van der Waals surface area contributed by atoms with Gasteiger partial charge in [-0.15, -0.1) is 13.2 Å². The minimum atomic E-state index is -0.324. The molecule has 0 aliphatic heterocycles. The smallest absolute Gasteiger partial charge is 0.0745 e. The maximum atomic E-state index is 8.43. The fraction of sp³-hybridized carbons (Fsp3) is 0.600. The molecule has 0 amide bonds. The Morgan fingerprint density at radius 3 is 1.92 bits per heavy atom. The Bertz CT molecular complexity index is 103. The molecule has 0 aromatic heterocycles. The Morgan fingerprint density at radius 2 is 1.77 bits per heavy atom. The topological polar surface area (TPSA) is 38.7 Å². The van der Waals surface area contributed by atoms with Gasteiger partial charge in [0.25, 0.3) is 0 Å². The van der Waals surface area contributed by atoms with E-state index >= 15 is 0 Å². The molecule has 0 radical (unpaired) electrons. The number of hydrogen-bond donors (Lipinski definition) is 1. The number of methoxy groups -OCH3 is 1. The summed E-state index contributed by atoms with van der Waals surface area (Å²) in [4.78, 5) is 0. The van der Waals surface area contributed by atoms with Crippen molar-refractivity contribution >= 4 is 0 Å². The van der Waals surface area contributed by atoms with Gasteiger partial charge in [0, 0.05) is 7.11 Å². The van der Waals surface area contributed by atoms with E-state index in [1.165, 1.54) is 0 Å². The summed E-state index contributed by atoms with van der Waals surface area (Å²) in [7, 11) is 1.56. The molecule has 0 heterocycles. The van der Waals surface area contributed by atoms with E-state index in [1.807, 2.05) is 0 Å². The second kappa shape index (κ2) is 13.9. The fourth-order valence-electron chi connectivity index (χ4n) is 0.476. The van der Waals surface area contributed by atoms with Gasteiger partial charge in [-0.05, 0) is 6.92 Å². The first-order chi connectivity index (χ1) is 6.18. The monoisotopic (exact) mass is 188 g/mol. The standard InChI is InChI=1S/C6H10O.C4H10O2/c1-3-5-7-6-4-2;1-4(5)3-6-2/h3-4H,1-2,5-6H2;4-5H,3H2,1-2H3. The zero-order chi connectivity index (χ0) is 10.5. The SMILES string of the molecule is C=CCOCC=C.COCC(C)O. The van der Waals surface area contributed by atoms with Crippen molar-refractivity contribution in [2.45, 2.75) is 13.0 Å². The molecule has 0 saturated carbocycles. The van der Waals surface area contributed by atoms with Gasteiger partial charge in [-0.25, -0.2) is 0 Å². The van der Waals surface area contributed by atoms with Gasteiger partial charge in [-0.3, -0.25) is 0 Å². The molecule has 0 spiro atoms. The third kappa shape index (κ3) is 24.6. The van der Waals surface area contributed by atoms with E-state index in [-0.39, 0.29) is 6.10 Å². The van der Waals surface area contributed by atoms with E-state index in [4.69, 9.17) is 9.84 Å². The summed E-state index contributed by atoms with van der Waals surface area (Å²) in [5.74, 6) is 0. The third-order valence-electron chi connectivity index (χ3n) is 0.879. The lowest BCUT2D eigenvalue weighted by Crippen LogP contribution is -2.07. The molecule has 1 N–H and O–H groups in total. The van der Waals surface area contributed by atoms with Crippen LogP contribution in [0.15, 0.2) is 25.3 Å². The minimum absolute atomic E-state index is 0.324. The molecule has 0 bridgehead atoms. The first-order valence-electron chi connectivity index (χ1n) is 4.15. The van der Waals surface area contributed by atoms with Crippen molar-refractivity contribution in [1.82, 2.24) is 0 Å². The molecule has 13 heavy (non-hydrogen) atoms. The van der Waals surface area contributed by atoms with Crippen molar-refractivity contribution in [3.05, 3.63) is 25.3 Å². The highest BCUT2D eigenvalue weighted by Gasteiger charge is 1.87. The van der Waals surface area contributed by atoms with Crippen molar-refractivity contribution in [1.29, 1.82) is 0 Å². The van der Waals surface area contributed by atoms with Crippen LogP contribution < -0.4 is 0 Å². The molecule has 1 atom stereocenters. The second-order valence-corrected chi connectivity index (χ2v) is 2.42. The van der Waals surface area contributed by atoms with Crippen LogP contribution in [0.25, 0.3) is 0 Å². The van der Waals surface area contributed by atoms with Crippen LogP contribution in [0.3, 0.4) is 0 Å². The van der Waals surface area contributed by atoms with Crippen LogP contribution in [-0.2, 0) is 9.47 Å². The molecular weight excluding hydrogens is 168 g/mol. The Labute approximate surface area is 80.7 Å². The largest absolute Gasteiger partial charge is 0.391 e. The van der Waals surface area contributed by atoms with Gasteiger partial charge in [0.05, 0.1) is 25.9 Å². The molecule has 0 rings (SSSR count). The van der Waals surface area contributed by atoms with E-state index in [0.29, 0.717) is 19.8 Å². The lowest BCUT2D eigenvalue weighted by molar-refractivity contribution is 0.0765. The van der Waals surface area contributed by atoms with Crippen LogP contribution in [0.1, 0.15) is 6.92 Å². The van der Waals surface area contributed by atoms with Crippen molar-refractivity contribution in [3.8, 4) is 0 Å². The molecule has 1 unspecified atom stereocenters. The van der Waals surface area contributed by atoms with Crippen molar-refractivity contribution < 1.29 is 14.6 Å². The maximum absolute atomic E-state index is 8.43. The average molecular weight is 188 g/mol. The van der Waals surface area contributed by atoms with Crippen LogP contribution in [0.2, 0.25) is 0 Å². The van der Waals surface area contributed by atoms with Crippen molar-refractivity contribution in [2.24, 2.45) is 0 Å².